The van der Waals surface area contributed by atoms with Gasteiger partial charge in [-0.3, -0.25) is 4.79 Å². The molecule has 5 nitrogen and oxygen atoms in total. The zero-order valence-corrected chi connectivity index (χ0v) is 17.8. The fraction of sp³-hybridized carbons (Fsp3) is 0.682. The number of hydrogen-bond donors (Lipinski definition) is 2. The Hall–Kier alpha value is -1.96. The number of hydrogen-bond acceptors (Lipinski definition) is 4. The maximum Gasteiger partial charge on any atom is 0.471 e. The number of alkyl halides is 3. The van der Waals surface area contributed by atoms with Gasteiger partial charge in [0.2, 0.25) is 0 Å². The zero-order valence-electron chi connectivity index (χ0n) is 17.8. The van der Waals surface area contributed by atoms with Crippen molar-refractivity contribution in [2.24, 2.45) is 11.1 Å². The van der Waals surface area contributed by atoms with Gasteiger partial charge in [0.05, 0.1) is 0 Å². The smallest absolute Gasteiger partial charge is 0.382 e. The molecule has 0 radical (unpaired) electrons. The molecular weight excluding hydrogens is 393 g/mol. The van der Waals surface area contributed by atoms with Crippen molar-refractivity contribution in [1.29, 1.82) is 0 Å². The first-order chi connectivity index (χ1) is 14.0. The second-order valence-electron chi connectivity index (χ2n) is 9.73. The van der Waals surface area contributed by atoms with Crippen LogP contribution in [0.4, 0.5) is 24.5 Å². The summed E-state index contributed by atoms with van der Waals surface area (Å²) in [5.74, 6) is -1.75. The first-order valence-corrected chi connectivity index (χ1v) is 10.7. The van der Waals surface area contributed by atoms with E-state index in [0.29, 0.717) is 30.6 Å². The lowest BCUT2D eigenvalue weighted by Crippen LogP contribution is -2.61. The molecule has 1 aromatic rings. The fourth-order valence-electron chi connectivity index (χ4n) is 5.88. The number of aryl methyl sites for hydroxylation is 1. The van der Waals surface area contributed by atoms with Crippen LogP contribution in [0, 0.1) is 12.3 Å². The molecule has 0 bridgehead atoms. The maximum atomic E-state index is 12.9. The van der Waals surface area contributed by atoms with Crippen molar-refractivity contribution < 1.29 is 18.0 Å². The molecule has 2 unspecified atom stereocenters. The van der Waals surface area contributed by atoms with E-state index in [1.165, 1.54) is 12.8 Å². The first-order valence-electron chi connectivity index (χ1n) is 10.7. The predicted molar refractivity (Wildman–Crippen MR) is 112 cm³/mol. The minimum Gasteiger partial charge on any atom is -0.382 e. The Bertz CT molecular complexity index is 801. The van der Waals surface area contributed by atoms with E-state index >= 15 is 0 Å². The second kappa shape index (κ2) is 7.32. The number of rotatable bonds is 3. The number of anilines is 2. The van der Waals surface area contributed by atoms with Crippen LogP contribution in [-0.4, -0.2) is 54.2 Å². The quantitative estimate of drug-likeness (QED) is 0.777. The number of carbonyl (C=O) groups is 1. The molecule has 3 N–H and O–H groups in total. The molecule has 1 amide bonds. The molecule has 8 heteroatoms. The average Bonchev–Trinajstić information content (AvgIpc) is 2.57. The van der Waals surface area contributed by atoms with E-state index in [-0.39, 0.29) is 0 Å². The number of nitrogens with zero attached hydrogens (tertiary/aromatic N) is 2. The van der Waals surface area contributed by atoms with Crippen molar-refractivity contribution in [3.05, 3.63) is 23.8 Å². The topological polar surface area (TPSA) is 61.6 Å². The summed E-state index contributed by atoms with van der Waals surface area (Å²) in [6.07, 6.45) is -0.208. The maximum absolute atomic E-state index is 12.9. The number of nitrogens with one attached hydrogen (secondary N) is 1. The van der Waals surface area contributed by atoms with Gasteiger partial charge in [0.25, 0.3) is 0 Å². The Labute approximate surface area is 175 Å². The van der Waals surface area contributed by atoms with Crippen molar-refractivity contribution in [2.75, 3.05) is 23.3 Å². The van der Waals surface area contributed by atoms with Gasteiger partial charge in [-0.1, -0.05) is 0 Å². The molecule has 2 atom stereocenters. The largest absolute Gasteiger partial charge is 0.471 e. The Balaban J connectivity index is 1.38. The molecule has 0 aromatic heterocycles. The third-order valence-electron chi connectivity index (χ3n) is 7.05. The first kappa shape index (κ1) is 21.3. The third kappa shape index (κ3) is 3.86. The van der Waals surface area contributed by atoms with Crippen molar-refractivity contribution in [1.82, 2.24) is 4.90 Å². The Morgan fingerprint density at radius 3 is 2.23 bits per heavy atom. The van der Waals surface area contributed by atoms with Gasteiger partial charge >= 0.3 is 12.1 Å². The zero-order chi connectivity index (χ0) is 21.8. The van der Waals surface area contributed by atoms with Crippen LogP contribution in [0.3, 0.4) is 0 Å². The molecule has 4 rings (SSSR count). The lowest BCUT2D eigenvalue weighted by Gasteiger charge is -2.57. The van der Waals surface area contributed by atoms with Crippen molar-refractivity contribution in [3.63, 3.8) is 0 Å². The van der Waals surface area contributed by atoms with Gasteiger partial charge in [0.15, 0.2) is 0 Å². The summed E-state index contributed by atoms with van der Waals surface area (Å²) in [7, 11) is 0. The van der Waals surface area contributed by atoms with E-state index in [0.717, 1.165) is 34.7 Å². The van der Waals surface area contributed by atoms with E-state index in [1.807, 2.05) is 19.1 Å². The highest BCUT2D eigenvalue weighted by molar-refractivity contribution is 5.83. The van der Waals surface area contributed by atoms with E-state index in [1.54, 1.807) is 13.8 Å². The third-order valence-corrected chi connectivity index (χ3v) is 7.05. The molecule has 1 saturated heterocycles. The summed E-state index contributed by atoms with van der Waals surface area (Å²) >= 11 is 0. The molecule has 3 fully saturated rings. The van der Waals surface area contributed by atoms with E-state index in [4.69, 9.17) is 5.73 Å². The molecule has 3 aliphatic rings. The number of benzene rings is 1. The van der Waals surface area contributed by atoms with Crippen LogP contribution in [0.2, 0.25) is 0 Å². The van der Waals surface area contributed by atoms with Crippen LogP contribution in [0.5, 0.6) is 0 Å². The van der Waals surface area contributed by atoms with Crippen LogP contribution in [0.25, 0.3) is 0 Å². The average molecular weight is 425 g/mol. The Morgan fingerprint density at radius 1 is 1.13 bits per heavy atom. The van der Waals surface area contributed by atoms with Crippen molar-refractivity contribution in [3.8, 4) is 0 Å². The summed E-state index contributed by atoms with van der Waals surface area (Å²) in [4.78, 5) is 14.8. The number of carbonyl (C=O) groups excluding carboxylic acids is 1. The Morgan fingerprint density at radius 2 is 1.73 bits per heavy atom. The lowest BCUT2D eigenvalue weighted by atomic mass is 9.52. The summed E-state index contributed by atoms with van der Waals surface area (Å²) in [6.45, 7) is 6.14. The molecule has 166 valence electrons. The minimum atomic E-state index is -4.83. The summed E-state index contributed by atoms with van der Waals surface area (Å²) in [6, 6.07) is 6.02. The van der Waals surface area contributed by atoms with Crippen molar-refractivity contribution >= 4 is 17.3 Å². The van der Waals surface area contributed by atoms with E-state index in [9.17, 15) is 18.0 Å². The van der Waals surface area contributed by atoms with Crippen molar-refractivity contribution in [2.45, 2.75) is 76.8 Å². The fourth-order valence-corrected chi connectivity index (χ4v) is 5.88. The molecule has 2 aliphatic carbocycles. The molecule has 30 heavy (non-hydrogen) atoms. The highest BCUT2D eigenvalue weighted by atomic mass is 19.4. The van der Waals surface area contributed by atoms with Gasteiger partial charge in [-0.05, 0) is 75.6 Å². The Kier molecular flexibility index (Phi) is 5.19. The highest BCUT2D eigenvalue weighted by Gasteiger charge is 2.51. The standard InChI is InChI=1S/C22H31F3N4O/c1-13-6-17(27-18-9-21(10-18)7-16(26)8-21)4-5-19(13)28-11-14(2)29(15(3)12-28)20(30)22(23,24)25/h4-6,14-16,18,27H,7-12,26H2,1-3H3. The molecule has 1 spiro atoms. The van der Waals surface area contributed by atoms with Gasteiger partial charge in [-0.25, -0.2) is 0 Å². The highest BCUT2D eigenvalue weighted by Crippen LogP contribution is 2.55. The number of halogens is 3. The van der Waals surface area contributed by atoms with Crippen LogP contribution < -0.4 is 16.0 Å². The lowest BCUT2D eigenvalue weighted by molar-refractivity contribution is -0.190. The summed E-state index contributed by atoms with van der Waals surface area (Å²) in [5, 5.41) is 3.61. The second-order valence-corrected chi connectivity index (χ2v) is 9.73. The SMILES string of the molecule is Cc1cc(NC2CC3(CC(N)C3)C2)ccc1N1CC(C)N(C(=O)C(F)(F)F)C(C)C1. The van der Waals surface area contributed by atoms with Gasteiger partial charge in [0.1, 0.15) is 0 Å². The molecule has 1 heterocycles. The summed E-state index contributed by atoms with van der Waals surface area (Å²) in [5.41, 5.74) is 9.57. The van der Waals surface area contributed by atoms with Crippen LogP contribution in [-0.2, 0) is 4.79 Å². The van der Waals surface area contributed by atoms with Crippen LogP contribution >= 0.6 is 0 Å². The van der Waals surface area contributed by atoms with Crippen LogP contribution in [0.1, 0.15) is 45.1 Å². The van der Waals surface area contributed by atoms with Gasteiger partial charge in [-0.15, -0.1) is 0 Å². The predicted octanol–water partition coefficient (Wildman–Crippen LogP) is 3.66. The van der Waals surface area contributed by atoms with E-state index in [2.05, 4.69) is 16.3 Å². The van der Waals surface area contributed by atoms with Crippen LogP contribution in [0.15, 0.2) is 18.2 Å². The number of nitrogens with two attached hydrogens (primary N) is 1. The normalized spacial score (nSPS) is 33.8. The van der Waals surface area contributed by atoms with Gasteiger partial charge in [0, 0.05) is 48.6 Å². The summed E-state index contributed by atoms with van der Waals surface area (Å²) < 4.78 is 38.8. The minimum absolute atomic E-state index is 0.379. The van der Waals surface area contributed by atoms with E-state index < -0.39 is 24.2 Å². The molecule has 1 aromatic carbocycles. The van der Waals surface area contributed by atoms with Gasteiger partial charge in [-0.2, -0.15) is 13.2 Å². The monoisotopic (exact) mass is 424 g/mol. The van der Waals surface area contributed by atoms with Gasteiger partial charge < -0.3 is 20.9 Å². The number of piperazine rings is 1. The number of amides is 1. The molecular formula is C22H31F3N4O. The molecule has 1 aliphatic heterocycles. The molecule has 2 saturated carbocycles.